The van der Waals surface area contributed by atoms with Crippen molar-refractivity contribution in [3.8, 4) is 5.75 Å². The van der Waals surface area contributed by atoms with Crippen molar-refractivity contribution < 1.29 is 9.47 Å². The lowest BCUT2D eigenvalue weighted by Gasteiger charge is -2.31. The van der Waals surface area contributed by atoms with Crippen LogP contribution in [0.2, 0.25) is 0 Å². The van der Waals surface area contributed by atoms with Gasteiger partial charge in [-0.2, -0.15) is 0 Å². The summed E-state index contributed by atoms with van der Waals surface area (Å²) in [5.74, 6) is 0.171. The van der Waals surface area contributed by atoms with Gasteiger partial charge in [-0.3, -0.25) is 0 Å². The summed E-state index contributed by atoms with van der Waals surface area (Å²) < 4.78 is 12.1. The molecule has 1 aromatic rings. The number of ether oxygens (including phenoxy) is 2. The molecule has 0 heterocycles. The zero-order chi connectivity index (χ0) is 17.1. The molecule has 0 fully saturated rings. The Balaban J connectivity index is 2.73. The number of unbranched alkanes of at least 4 members (excludes halogenated alkanes) is 4. The maximum atomic E-state index is 6.19. The molecule has 0 spiro atoms. The van der Waals surface area contributed by atoms with Gasteiger partial charge in [0.05, 0.1) is 0 Å². The van der Waals surface area contributed by atoms with Crippen molar-refractivity contribution in [1.29, 1.82) is 0 Å². The molecule has 0 amide bonds. The van der Waals surface area contributed by atoms with E-state index in [2.05, 4.69) is 39.0 Å². The Morgan fingerprint density at radius 3 is 2.30 bits per heavy atom. The summed E-state index contributed by atoms with van der Waals surface area (Å²) in [6.45, 7) is 11.2. The first-order chi connectivity index (χ1) is 11.1. The Bertz CT molecular complexity index is 461. The second kappa shape index (κ2) is 10.5. The van der Waals surface area contributed by atoms with Gasteiger partial charge in [0.1, 0.15) is 5.75 Å². The molecular weight excluding hydrogens is 284 g/mol. The quantitative estimate of drug-likeness (QED) is 0.271. The lowest BCUT2D eigenvalue weighted by Crippen LogP contribution is -2.37. The van der Waals surface area contributed by atoms with Gasteiger partial charge in [0.2, 0.25) is 5.79 Å². The Morgan fingerprint density at radius 1 is 1.04 bits per heavy atom. The van der Waals surface area contributed by atoms with E-state index in [9.17, 15) is 0 Å². The van der Waals surface area contributed by atoms with Crippen molar-refractivity contribution in [2.45, 2.75) is 78.9 Å². The number of allylic oxidation sites excluding steroid dienone is 1. The molecule has 1 atom stereocenters. The molecule has 0 aliphatic rings. The zero-order valence-corrected chi connectivity index (χ0v) is 15.7. The van der Waals surface area contributed by atoms with Crippen molar-refractivity contribution in [2.24, 2.45) is 0 Å². The maximum absolute atomic E-state index is 6.19. The highest BCUT2D eigenvalue weighted by molar-refractivity contribution is 5.28. The van der Waals surface area contributed by atoms with Gasteiger partial charge in [-0.15, -0.1) is 0 Å². The zero-order valence-electron chi connectivity index (χ0n) is 15.7. The standard InChI is InChI=1S/C21H34O2/c1-6-9-10-11-12-13-18(4)21(5,22-8-3)23-20-16-14-19(7-2)15-17-20/h13-17H,6-12H2,1-5H3/b18-13+. The van der Waals surface area contributed by atoms with Crippen LogP contribution >= 0.6 is 0 Å². The van der Waals surface area contributed by atoms with Crippen LogP contribution in [0.15, 0.2) is 35.9 Å². The van der Waals surface area contributed by atoms with E-state index < -0.39 is 5.79 Å². The summed E-state index contributed by atoms with van der Waals surface area (Å²) in [6.07, 6.45) is 9.52. The topological polar surface area (TPSA) is 18.5 Å². The van der Waals surface area contributed by atoms with E-state index in [1.54, 1.807) is 0 Å². The molecule has 0 aliphatic heterocycles. The predicted octanol–water partition coefficient (Wildman–Crippen LogP) is 6.30. The summed E-state index contributed by atoms with van der Waals surface area (Å²) >= 11 is 0. The Labute approximate surface area is 142 Å². The minimum atomic E-state index is -0.687. The molecule has 130 valence electrons. The third-order valence-electron chi connectivity index (χ3n) is 4.29. The molecule has 1 rings (SSSR count). The fraction of sp³-hybridized carbons (Fsp3) is 0.619. The number of benzene rings is 1. The van der Waals surface area contributed by atoms with Gasteiger partial charge in [0.15, 0.2) is 0 Å². The van der Waals surface area contributed by atoms with Crippen molar-refractivity contribution in [2.75, 3.05) is 6.61 Å². The van der Waals surface area contributed by atoms with E-state index >= 15 is 0 Å². The molecule has 0 bridgehead atoms. The van der Waals surface area contributed by atoms with E-state index in [-0.39, 0.29) is 0 Å². The van der Waals surface area contributed by atoms with Crippen LogP contribution in [-0.2, 0) is 11.2 Å². The predicted molar refractivity (Wildman–Crippen MR) is 99.0 cm³/mol. The van der Waals surface area contributed by atoms with Crippen LogP contribution in [0.5, 0.6) is 5.75 Å². The van der Waals surface area contributed by atoms with Gasteiger partial charge in [0.25, 0.3) is 0 Å². The maximum Gasteiger partial charge on any atom is 0.230 e. The molecule has 0 saturated carbocycles. The van der Waals surface area contributed by atoms with Crippen LogP contribution in [-0.4, -0.2) is 12.4 Å². The summed E-state index contributed by atoms with van der Waals surface area (Å²) in [5.41, 5.74) is 2.47. The van der Waals surface area contributed by atoms with Crippen molar-refractivity contribution in [3.05, 3.63) is 41.5 Å². The molecule has 2 nitrogen and oxygen atoms in total. The van der Waals surface area contributed by atoms with Crippen LogP contribution in [0.4, 0.5) is 0 Å². The minimum Gasteiger partial charge on any atom is -0.459 e. The molecule has 0 radical (unpaired) electrons. The largest absolute Gasteiger partial charge is 0.459 e. The summed E-state index contributed by atoms with van der Waals surface area (Å²) in [7, 11) is 0. The summed E-state index contributed by atoms with van der Waals surface area (Å²) in [5, 5.41) is 0. The molecule has 23 heavy (non-hydrogen) atoms. The highest BCUT2D eigenvalue weighted by atomic mass is 16.7. The highest BCUT2D eigenvalue weighted by Gasteiger charge is 2.29. The first-order valence-corrected chi connectivity index (χ1v) is 9.14. The fourth-order valence-corrected chi connectivity index (χ4v) is 2.59. The van der Waals surface area contributed by atoms with Gasteiger partial charge in [-0.05, 0) is 56.4 Å². The summed E-state index contributed by atoms with van der Waals surface area (Å²) in [6, 6.07) is 8.30. The number of rotatable bonds is 11. The Hall–Kier alpha value is -1.28. The molecule has 0 N–H and O–H groups in total. The SMILES string of the molecule is CCCCCC/C=C(\C)C(C)(OCC)Oc1ccc(CC)cc1. The first-order valence-electron chi connectivity index (χ1n) is 9.14. The lowest BCUT2D eigenvalue weighted by atomic mass is 10.1. The average molecular weight is 319 g/mol. The molecule has 2 heteroatoms. The molecular formula is C21H34O2. The monoisotopic (exact) mass is 318 g/mol. The van der Waals surface area contributed by atoms with Crippen LogP contribution in [0.25, 0.3) is 0 Å². The Kier molecular flexibility index (Phi) is 9.01. The molecule has 1 unspecified atom stereocenters. The molecule has 1 aromatic carbocycles. The lowest BCUT2D eigenvalue weighted by molar-refractivity contribution is -0.138. The van der Waals surface area contributed by atoms with E-state index in [1.807, 2.05) is 26.0 Å². The average Bonchev–Trinajstić information content (AvgIpc) is 2.55. The van der Waals surface area contributed by atoms with Crippen LogP contribution in [0, 0.1) is 0 Å². The molecule has 0 aromatic heterocycles. The van der Waals surface area contributed by atoms with Gasteiger partial charge in [0, 0.05) is 13.5 Å². The van der Waals surface area contributed by atoms with Crippen LogP contribution < -0.4 is 4.74 Å². The van der Waals surface area contributed by atoms with Gasteiger partial charge >= 0.3 is 0 Å². The number of hydrogen-bond donors (Lipinski definition) is 0. The normalized spacial score (nSPS) is 14.6. The van der Waals surface area contributed by atoms with E-state index in [4.69, 9.17) is 9.47 Å². The smallest absolute Gasteiger partial charge is 0.230 e. The van der Waals surface area contributed by atoms with Crippen LogP contribution in [0.1, 0.15) is 72.3 Å². The third-order valence-corrected chi connectivity index (χ3v) is 4.29. The molecule has 0 saturated heterocycles. The Morgan fingerprint density at radius 2 is 1.74 bits per heavy atom. The van der Waals surface area contributed by atoms with Crippen molar-refractivity contribution >= 4 is 0 Å². The van der Waals surface area contributed by atoms with Gasteiger partial charge in [-0.25, -0.2) is 0 Å². The first kappa shape index (κ1) is 19.8. The number of aryl methyl sites for hydroxylation is 1. The molecule has 0 aliphatic carbocycles. The van der Waals surface area contributed by atoms with Crippen molar-refractivity contribution in [3.63, 3.8) is 0 Å². The van der Waals surface area contributed by atoms with E-state index in [0.29, 0.717) is 6.61 Å². The second-order valence-electron chi connectivity index (χ2n) is 6.21. The third kappa shape index (κ3) is 6.78. The van der Waals surface area contributed by atoms with E-state index in [0.717, 1.165) is 24.2 Å². The highest BCUT2D eigenvalue weighted by Crippen LogP contribution is 2.27. The number of hydrogen-bond acceptors (Lipinski definition) is 2. The summed E-state index contributed by atoms with van der Waals surface area (Å²) in [4.78, 5) is 0. The van der Waals surface area contributed by atoms with Gasteiger partial charge < -0.3 is 9.47 Å². The van der Waals surface area contributed by atoms with E-state index in [1.165, 1.54) is 31.2 Å². The second-order valence-corrected chi connectivity index (χ2v) is 6.21. The fourth-order valence-electron chi connectivity index (χ4n) is 2.59. The minimum absolute atomic E-state index is 0.630. The van der Waals surface area contributed by atoms with Crippen molar-refractivity contribution in [1.82, 2.24) is 0 Å². The van der Waals surface area contributed by atoms with Gasteiger partial charge in [-0.1, -0.05) is 51.3 Å². The van der Waals surface area contributed by atoms with Crippen LogP contribution in [0.3, 0.4) is 0 Å².